The molecule has 0 aromatic heterocycles. The fourth-order valence-corrected chi connectivity index (χ4v) is 3.86. The first-order valence-corrected chi connectivity index (χ1v) is 11.0. The van der Waals surface area contributed by atoms with Crippen LogP contribution in [-0.4, -0.2) is 0 Å². The Hall–Kier alpha value is -2.08. The summed E-state index contributed by atoms with van der Waals surface area (Å²) in [6.07, 6.45) is 16.0. The topological polar surface area (TPSA) is 0 Å². The molecule has 1 aliphatic carbocycles. The molecule has 0 saturated carbocycles. The van der Waals surface area contributed by atoms with Gasteiger partial charge in [-0.05, 0) is 85.8 Å². The average Bonchev–Trinajstić information content (AvgIpc) is 2.68. The normalized spacial score (nSPS) is 14.5. The Morgan fingerprint density at radius 2 is 1.86 bits per heavy atom. The van der Waals surface area contributed by atoms with Crippen LogP contribution in [0.4, 0.5) is 0 Å². The first-order chi connectivity index (χ1) is 13.5. The first kappa shape index (κ1) is 22.2. The monoisotopic (exact) mass is 374 g/mol. The molecule has 0 amide bonds. The van der Waals surface area contributed by atoms with Crippen molar-refractivity contribution in [3.8, 4) is 0 Å². The summed E-state index contributed by atoms with van der Waals surface area (Å²) in [6.45, 7) is 17.5. The molecule has 0 unspecified atom stereocenters. The third-order valence-electron chi connectivity index (χ3n) is 5.49. The first-order valence-electron chi connectivity index (χ1n) is 11.0. The summed E-state index contributed by atoms with van der Waals surface area (Å²) in [5, 5.41) is 0. The molecule has 0 heterocycles. The number of rotatable bonds is 10. The Balaban J connectivity index is 2.42. The maximum atomic E-state index is 4.53. The second-order valence-electron chi connectivity index (χ2n) is 8.23. The molecule has 0 radical (unpaired) electrons. The third kappa shape index (κ3) is 6.23. The smallest absolute Gasteiger partial charge is 0.0154 e. The maximum Gasteiger partial charge on any atom is -0.0154 e. The van der Waals surface area contributed by atoms with Crippen molar-refractivity contribution in [3.05, 3.63) is 88.6 Å². The maximum absolute atomic E-state index is 4.53. The van der Waals surface area contributed by atoms with Gasteiger partial charge in [0.2, 0.25) is 0 Å². The molecule has 1 aromatic rings. The summed E-state index contributed by atoms with van der Waals surface area (Å²) >= 11 is 0. The fraction of sp³-hybridized carbons (Fsp3) is 0.429. The standard InChI is InChI=1S/C28H38/c1-7-9-14-28(23(6)25-13-10-12-22(5)19-25)27-18-17-24(11-8-2)26(20-27)16-15-21(3)4/h12,14,17-20H,3,6-11,13,15-16H2,1-2,4-5H3/b28-14+. The molecular weight excluding hydrogens is 336 g/mol. The second kappa shape index (κ2) is 11.1. The van der Waals surface area contributed by atoms with Crippen LogP contribution in [0.2, 0.25) is 0 Å². The molecule has 0 fully saturated rings. The molecule has 28 heavy (non-hydrogen) atoms. The molecule has 0 aliphatic heterocycles. The van der Waals surface area contributed by atoms with Crippen molar-refractivity contribution in [2.45, 2.75) is 79.1 Å². The van der Waals surface area contributed by atoms with E-state index < -0.39 is 0 Å². The lowest BCUT2D eigenvalue weighted by atomic mass is 9.85. The Morgan fingerprint density at radius 1 is 1.07 bits per heavy atom. The molecule has 0 spiro atoms. The lowest BCUT2D eigenvalue weighted by Crippen LogP contribution is -2.01. The summed E-state index contributed by atoms with van der Waals surface area (Å²) in [5.74, 6) is 0. The summed E-state index contributed by atoms with van der Waals surface area (Å²) in [6, 6.07) is 7.08. The highest BCUT2D eigenvalue weighted by atomic mass is 14.2. The molecule has 150 valence electrons. The van der Waals surface area contributed by atoms with Crippen LogP contribution >= 0.6 is 0 Å². The number of unbranched alkanes of at least 4 members (excludes halogenated alkanes) is 1. The van der Waals surface area contributed by atoms with Gasteiger partial charge in [-0.1, -0.05) is 80.8 Å². The fourth-order valence-electron chi connectivity index (χ4n) is 3.86. The minimum Gasteiger partial charge on any atom is -0.100 e. The summed E-state index contributed by atoms with van der Waals surface area (Å²) < 4.78 is 0. The lowest BCUT2D eigenvalue weighted by molar-refractivity contribution is 0.870. The number of aryl methyl sites for hydroxylation is 2. The zero-order valence-corrected chi connectivity index (χ0v) is 18.5. The predicted octanol–water partition coefficient (Wildman–Crippen LogP) is 8.55. The van der Waals surface area contributed by atoms with Gasteiger partial charge in [-0.25, -0.2) is 0 Å². The predicted molar refractivity (Wildman–Crippen MR) is 127 cm³/mol. The van der Waals surface area contributed by atoms with E-state index in [0.29, 0.717) is 0 Å². The van der Waals surface area contributed by atoms with Crippen molar-refractivity contribution in [2.24, 2.45) is 0 Å². The molecule has 2 rings (SSSR count). The molecule has 0 bridgehead atoms. The van der Waals surface area contributed by atoms with Gasteiger partial charge in [0.1, 0.15) is 0 Å². The second-order valence-corrected chi connectivity index (χ2v) is 8.23. The molecule has 1 aliphatic rings. The van der Waals surface area contributed by atoms with E-state index in [4.69, 9.17) is 0 Å². The molecular formula is C28H38. The van der Waals surface area contributed by atoms with Crippen molar-refractivity contribution < 1.29 is 0 Å². The lowest BCUT2D eigenvalue weighted by Gasteiger charge is -2.19. The van der Waals surface area contributed by atoms with Crippen LogP contribution in [0.5, 0.6) is 0 Å². The molecule has 1 aromatic carbocycles. The van der Waals surface area contributed by atoms with Crippen LogP contribution in [0.25, 0.3) is 5.57 Å². The zero-order chi connectivity index (χ0) is 20.5. The van der Waals surface area contributed by atoms with E-state index in [1.807, 2.05) is 0 Å². The van der Waals surface area contributed by atoms with Gasteiger partial charge in [0.05, 0.1) is 0 Å². The van der Waals surface area contributed by atoms with Crippen LogP contribution in [-0.2, 0) is 12.8 Å². The number of hydrogen-bond donors (Lipinski definition) is 0. The van der Waals surface area contributed by atoms with Crippen molar-refractivity contribution >= 4 is 5.57 Å². The van der Waals surface area contributed by atoms with Crippen molar-refractivity contribution in [3.63, 3.8) is 0 Å². The third-order valence-corrected chi connectivity index (χ3v) is 5.49. The van der Waals surface area contributed by atoms with E-state index in [1.54, 1.807) is 0 Å². The van der Waals surface area contributed by atoms with Gasteiger partial charge in [-0.3, -0.25) is 0 Å². The van der Waals surface area contributed by atoms with Gasteiger partial charge in [-0.2, -0.15) is 0 Å². The van der Waals surface area contributed by atoms with Gasteiger partial charge in [0.15, 0.2) is 0 Å². The van der Waals surface area contributed by atoms with Crippen LogP contribution in [0.1, 0.15) is 82.9 Å². The molecule has 0 heteroatoms. The summed E-state index contributed by atoms with van der Waals surface area (Å²) in [4.78, 5) is 0. The van der Waals surface area contributed by atoms with E-state index in [9.17, 15) is 0 Å². The van der Waals surface area contributed by atoms with E-state index >= 15 is 0 Å². The number of benzene rings is 1. The van der Waals surface area contributed by atoms with Crippen molar-refractivity contribution in [1.82, 2.24) is 0 Å². The van der Waals surface area contributed by atoms with E-state index in [-0.39, 0.29) is 0 Å². The SMILES string of the molecule is C=C(C)CCc1cc(/C(=C/CCC)C(=C)C2=CC(C)=CCC2)ccc1CCC. The Morgan fingerprint density at radius 3 is 2.50 bits per heavy atom. The van der Waals surface area contributed by atoms with E-state index in [1.165, 1.54) is 51.0 Å². The Kier molecular flexibility index (Phi) is 8.77. The van der Waals surface area contributed by atoms with Crippen LogP contribution in [0.15, 0.2) is 71.9 Å². The number of allylic oxidation sites excluding steroid dienone is 8. The molecule has 0 N–H and O–H groups in total. The Labute approximate surface area is 173 Å². The van der Waals surface area contributed by atoms with Crippen molar-refractivity contribution in [2.75, 3.05) is 0 Å². The van der Waals surface area contributed by atoms with Gasteiger partial charge in [0, 0.05) is 0 Å². The van der Waals surface area contributed by atoms with E-state index in [0.717, 1.165) is 44.9 Å². The Bertz CT molecular complexity index is 795. The van der Waals surface area contributed by atoms with E-state index in [2.05, 4.69) is 77.3 Å². The van der Waals surface area contributed by atoms with Crippen molar-refractivity contribution in [1.29, 1.82) is 0 Å². The summed E-state index contributed by atoms with van der Waals surface area (Å²) in [5.41, 5.74) is 10.8. The average molecular weight is 375 g/mol. The van der Waals surface area contributed by atoms with Gasteiger partial charge >= 0.3 is 0 Å². The van der Waals surface area contributed by atoms with Gasteiger partial charge in [-0.15, -0.1) is 6.58 Å². The highest BCUT2D eigenvalue weighted by Crippen LogP contribution is 2.34. The highest BCUT2D eigenvalue weighted by Gasteiger charge is 2.14. The number of hydrogen-bond acceptors (Lipinski definition) is 0. The molecule has 0 atom stereocenters. The minimum absolute atomic E-state index is 1.06. The van der Waals surface area contributed by atoms with Crippen LogP contribution < -0.4 is 0 Å². The van der Waals surface area contributed by atoms with Gasteiger partial charge < -0.3 is 0 Å². The molecule has 0 saturated heterocycles. The zero-order valence-electron chi connectivity index (χ0n) is 18.5. The van der Waals surface area contributed by atoms with Gasteiger partial charge in [0.25, 0.3) is 0 Å². The van der Waals surface area contributed by atoms with Crippen LogP contribution in [0, 0.1) is 0 Å². The van der Waals surface area contributed by atoms with Crippen LogP contribution in [0.3, 0.4) is 0 Å². The largest absolute Gasteiger partial charge is 0.100 e. The highest BCUT2D eigenvalue weighted by molar-refractivity contribution is 5.83. The summed E-state index contributed by atoms with van der Waals surface area (Å²) in [7, 11) is 0. The minimum atomic E-state index is 1.06. The quantitative estimate of drug-likeness (QED) is 0.284. The molecule has 0 nitrogen and oxygen atoms in total.